The van der Waals surface area contributed by atoms with Gasteiger partial charge < -0.3 is 25.3 Å². The second-order valence-corrected chi connectivity index (χ2v) is 7.91. The van der Waals surface area contributed by atoms with Gasteiger partial charge in [0, 0.05) is 23.7 Å². The average molecular weight is 420 g/mol. The smallest absolute Gasteiger partial charge is 0.255 e. The summed E-state index contributed by atoms with van der Waals surface area (Å²) in [6.45, 7) is 3.04. The molecule has 1 aliphatic carbocycles. The average Bonchev–Trinajstić information content (AvgIpc) is 3.13. The lowest BCUT2D eigenvalue weighted by Gasteiger charge is -2.24. The Bertz CT molecular complexity index is 1280. The molecule has 158 valence electrons. The zero-order valence-electron chi connectivity index (χ0n) is 16.7. The summed E-state index contributed by atoms with van der Waals surface area (Å²) in [5.41, 5.74) is -0.515. The number of ketones is 2. The lowest BCUT2D eigenvalue weighted by atomic mass is 9.82. The van der Waals surface area contributed by atoms with Crippen molar-refractivity contribution in [3.63, 3.8) is 0 Å². The fraction of sp³-hybridized carbons (Fsp3) is 0.261. The van der Waals surface area contributed by atoms with Gasteiger partial charge in [0.15, 0.2) is 22.9 Å². The van der Waals surface area contributed by atoms with Crippen LogP contribution in [0.4, 0.5) is 0 Å². The summed E-state index contributed by atoms with van der Waals surface area (Å²) in [7, 11) is 0. The van der Waals surface area contributed by atoms with E-state index in [-0.39, 0.29) is 50.6 Å². The number of carbonyl (C=O) groups is 3. The van der Waals surface area contributed by atoms with Crippen LogP contribution in [0.5, 0.6) is 11.5 Å². The molecule has 2 aliphatic rings. The lowest BCUT2D eigenvalue weighted by Crippen LogP contribution is -2.45. The van der Waals surface area contributed by atoms with Gasteiger partial charge in [-0.1, -0.05) is 24.3 Å². The van der Waals surface area contributed by atoms with Crippen molar-refractivity contribution in [3.05, 3.63) is 57.8 Å². The Morgan fingerprint density at radius 1 is 1.10 bits per heavy atom. The maximum Gasteiger partial charge on any atom is 0.255 e. The van der Waals surface area contributed by atoms with E-state index in [2.05, 4.69) is 10.6 Å². The third-order valence-electron chi connectivity index (χ3n) is 5.99. The summed E-state index contributed by atoms with van der Waals surface area (Å²) < 4.78 is 5.61. The minimum absolute atomic E-state index is 0.0373. The highest BCUT2D eigenvalue weighted by Gasteiger charge is 2.39. The first-order valence-electron chi connectivity index (χ1n) is 10.1. The molecule has 1 atom stereocenters. The molecule has 0 radical (unpaired) electrons. The number of nitrogens with one attached hydrogen (secondary N) is 2. The molecule has 1 unspecified atom stereocenters. The van der Waals surface area contributed by atoms with Gasteiger partial charge in [-0.3, -0.25) is 14.4 Å². The molecule has 1 amide bonds. The zero-order valence-corrected chi connectivity index (χ0v) is 16.7. The largest absolute Gasteiger partial charge is 0.506 e. The highest BCUT2D eigenvalue weighted by Crippen LogP contribution is 2.47. The van der Waals surface area contributed by atoms with Crippen molar-refractivity contribution in [1.29, 1.82) is 0 Å². The van der Waals surface area contributed by atoms with Gasteiger partial charge >= 0.3 is 0 Å². The number of piperidine rings is 1. The van der Waals surface area contributed by atoms with Gasteiger partial charge in [0.05, 0.1) is 22.1 Å². The molecule has 31 heavy (non-hydrogen) atoms. The predicted molar refractivity (Wildman–Crippen MR) is 111 cm³/mol. The Labute approximate surface area is 176 Å². The van der Waals surface area contributed by atoms with Crippen LogP contribution in [0.1, 0.15) is 60.8 Å². The number of furan rings is 1. The first-order valence-corrected chi connectivity index (χ1v) is 10.1. The topological polar surface area (TPSA) is 129 Å². The Morgan fingerprint density at radius 2 is 1.74 bits per heavy atom. The highest BCUT2D eigenvalue weighted by molar-refractivity contribution is 6.33. The van der Waals surface area contributed by atoms with Crippen LogP contribution in [0.2, 0.25) is 0 Å². The van der Waals surface area contributed by atoms with Crippen molar-refractivity contribution < 1.29 is 29.0 Å². The molecule has 8 heteroatoms. The molecule has 3 aromatic rings. The van der Waals surface area contributed by atoms with Gasteiger partial charge in [0.1, 0.15) is 11.5 Å². The summed E-state index contributed by atoms with van der Waals surface area (Å²) >= 11 is 0. The molecule has 2 aromatic carbocycles. The van der Waals surface area contributed by atoms with Gasteiger partial charge in [-0.15, -0.1) is 0 Å². The van der Waals surface area contributed by atoms with Crippen LogP contribution in [-0.2, 0) is 0 Å². The van der Waals surface area contributed by atoms with E-state index in [4.69, 9.17) is 4.42 Å². The van der Waals surface area contributed by atoms with Crippen LogP contribution in [0.3, 0.4) is 0 Å². The summed E-state index contributed by atoms with van der Waals surface area (Å²) in [6.07, 6.45) is 1.73. The van der Waals surface area contributed by atoms with Gasteiger partial charge in [0.2, 0.25) is 0 Å². The van der Waals surface area contributed by atoms with E-state index >= 15 is 0 Å². The molecule has 1 saturated heterocycles. The number of phenols is 2. The van der Waals surface area contributed by atoms with Crippen molar-refractivity contribution in [1.82, 2.24) is 10.6 Å². The molecule has 0 saturated carbocycles. The maximum absolute atomic E-state index is 13.1. The summed E-state index contributed by atoms with van der Waals surface area (Å²) in [5.74, 6) is -2.59. The van der Waals surface area contributed by atoms with E-state index in [1.54, 1.807) is 12.1 Å². The summed E-state index contributed by atoms with van der Waals surface area (Å²) in [5, 5.41) is 27.9. The maximum atomic E-state index is 13.1. The van der Waals surface area contributed by atoms with Crippen molar-refractivity contribution >= 4 is 28.4 Å². The van der Waals surface area contributed by atoms with E-state index in [1.165, 1.54) is 19.1 Å². The fourth-order valence-electron chi connectivity index (χ4n) is 4.51. The van der Waals surface area contributed by atoms with E-state index < -0.39 is 29.0 Å². The van der Waals surface area contributed by atoms with Crippen molar-refractivity contribution in [2.24, 2.45) is 0 Å². The van der Waals surface area contributed by atoms with Gasteiger partial charge in [0.25, 0.3) is 5.91 Å². The number of aromatic hydroxyl groups is 2. The number of phenolic OH excluding ortho intramolecular Hbond substituents is 2. The Morgan fingerprint density at radius 3 is 2.35 bits per heavy atom. The summed E-state index contributed by atoms with van der Waals surface area (Å²) in [6, 6.07) is 6.12. The van der Waals surface area contributed by atoms with E-state index in [0.29, 0.717) is 6.54 Å². The SMILES string of the molecule is Cc1oc2c(O)c3c(c(O)c2c1C(=O)NC1CCCNC1)C(=O)c1ccccc1C3=O. The molecule has 1 aliphatic heterocycles. The van der Waals surface area contributed by atoms with Crippen LogP contribution in [0.15, 0.2) is 28.7 Å². The number of rotatable bonds is 2. The first-order chi connectivity index (χ1) is 14.9. The molecular formula is C23H20N2O6. The molecule has 8 nitrogen and oxygen atoms in total. The number of fused-ring (bicyclic) bond motifs is 3. The Balaban J connectivity index is 1.70. The third-order valence-corrected chi connectivity index (χ3v) is 5.99. The number of benzene rings is 2. The lowest BCUT2D eigenvalue weighted by molar-refractivity contribution is 0.0929. The van der Waals surface area contributed by atoms with Crippen LogP contribution < -0.4 is 10.6 Å². The van der Waals surface area contributed by atoms with Crippen LogP contribution in [0.25, 0.3) is 11.0 Å². The van der Waals surface area contributed by atoms with Gasteiger partial charge in [-0.25, -0.2) is 0 Å². The van der Waals surface area contributed by atoms with E-state index in [9.17, 15) is 24.6 Å². The number of aryl methyl sites for hydroxylation is 1. The molecule has 0 spiro atoms. The Hall–Kier alpha value is -3.65. The molecular weight excluding hydrogens is 400 g/mol. The quantitative estimate of drug-likeness (QED) is 0.367. The van der Waals surface area contributed by atoms with Crippen molar-refractivity contribution in [2.75, 3.05) is 13.1 Å². The molecule has 0 bridgehead atoms. The van der Waals surface area contributed by atoms with Gasteiger partial charge in [-0.2, -0.15) is 0 Å². The van der Waals surface area contributed by atoms with Crippen LogP contribution in [-0.4, -0.2) is 46.8 Å². The Kier molecular flexibility index (Phi) is 4.33. The number of hydrogen-bond donors (Lipinski definition) is 4. The fourth-order valence-corrected chi connectivity index (χ4v) is 4.51. The number of carbonyl (C=O) groups excluding carboxylic acids is 3. The van der Waals surface area contributed by atoms with E-state index in [1.807, 2.05) is 0 Å². The molecule has 2 heterocycles. The summed E-state index contributed by atoms with van der Waals surface area (Å²) in [4.78, 5) is 39.2. The highest BCUT2D eigenvalue weighted by atomic mass is 16.4. The van der Waals surface area contributed by atoms with E-state index in [0.717, 1.165) is 19.4 Å². The van der Waals surface area contributed by atoms with Gasteiger partial charge in [-0.05, 0) is 26.3 Å². The minimum atomic E-state index is -0.596. The second-order valence-electron chi connectivity index (χ2n) is 7.91. The minimum Gasteiger partial charge on any atom is -0.506 e. The zero-order chi connectivity index (χ0) is 21.9. The predicted octanol–water partition coefficient (Wildman–Crippen LogP) is 2.41. The second kappa shape index (κ2) is 6.95. The number of amides is 1. The normalized spacial score (nSPS) is 18.0. The van der Waals surface area contributed by atoms with Crippen LogP contribution >= 0.6 is 0 Å². The molecule has 5 rings (SSSR count). The van der Waals surface area contributed by atoms with Crippen LogP contribution in [0, 0.1) is 6.92 Å². The monoisotopic (exact) mass is 420 g/mol. The third kappa shape index (κ3) is 2.75. The molecule has 1 fully saturated rings. The first kappa shape index (κ1) is 19.3. The van der Waals surface area contributed by atoms with Crippen molar-refractivity contribution in [3.8, 4) is 11.5 Å². The van der Waals surface area contributed by atoms with Crippen molar-refractivity contribution in [2.45, 2.75) is 25.8 Å². The number of hydrogen-bond acceptors (Lipinski definition) is 7. The molecule has 4 N–H and O–H groups in total. The standard InChI is InChI=1S/C23H20N2O6/c1-10-14(23(30)25-11-5-4-8-24-9-11)17-20(28)15-16(21(29)22(17)31-10)19(27)13-7-3-2-6-12(13)18(15)26/h2-3,6-7,11,24,28-29H,4-5,8-9H2,1H3,(H,25,30). The molecule has 1 aromatic heterocycles.